The van der Waals surface area contributed by atoms with E-state index in [2.05, 4.69) is 6.07 Å². The van der Waals surface area contributed by atoms with Crippen molar-refractivity contribution < 1.29 is 8.42 Å². The van der Waals surface area contributed by atoms with E-state index < -0.39 is 9.84 Å². The topological polar surface area (TPSA) is 61.2 Å². The molecule has 0 aliphatic rings. The Morgan fingerprint density at radius 2 is 1.93 bits per heavy atom. The fourth-order valence-corrected chi connectivity index (χ4v) is 1.66. The highest BCUT2D eigenvalue weighted by atomic mass is 32.2. The molecule has 0 rings (SSSR count). The lowest BCUT2D eigenvalue weighted by molar-refractivity contribution is 0.344. The maximum Gasteiger partial charge on any atom is 0.148 e. The molecule has 0 unspecified atom stereocenters. The molecular formula is C9H18N2O2S. The van der Waals surface area contributed by atoms with Crippen LogP contribution in [0.15, 0.2) is 0 Å². The number of sulfone groups is 1. The largest absolute Gasteiger partial charge is 0.305 e. The Kier molecular flexibility index (Phi) is 6.50. The fourth-order valence-electron chi connectivity index (χ4n) is 1.02. The molecule has 0 saturated heterocycles. The molecule has 0 N–H and O–H groups in total. The third-order valence-corrected chi connectivity index (χ3v) is 2.85. The summed E-state index contributed by atoms with van der Waals surface area (Å²) in [4.78, 5) is 1.98. The van der Waals surface area contributed by atoms with Crippen molar-refractivity contribution >= 4 is 9.84 Å². The molecule has 0 aromatic rings. The molecule has 0 saturated carbocycles. The predicted molar refractivity (Wildman–Crippen MR) is 56.7 cm³/mol. The van der Waals surface area contributed by atoms with Crippen molar-refractivity contribution in [2.75, 3.05) is 32.1 Å². The zero-order valence-corrected chi connectivity index (χ0v) is 9.68. The van der Waals surface area contributed by atoms with Gasteiger partial charge in [0.05, 0.1) is 11.8 Å². The van der Waals surface area contributed by atoms with Gasteiger partial charge in [0, 0.05) is 19.2 Å². The van der Waals surface area contributed by atoms with E-state index in [0.29, 0.717) is 13.0 Å². The SMILES string of the molecule is CN(CCCCC#N)CCS(C)(=O)=O. The number of nitrogens with zero attached hydrogens (tertiary/aromatic N) is 2. The highest BCUT2D eigenvalue weighted by Crippen LogP contribution is 1.96. The van der Waals surface area contributed by atoms with E-state index in [9.17, 15) is 8.42 Å². The first-order valence-corrected chi connectivity index (χ1v) is 6.75. The summed E-state index contributed by atoms with van der Waals surface area (Å²) >= 11 is 0. The van der Waals surface area contributed by atoms with Crippen LogP contribution in [0.4, 0.5) is 0 Å². The van der Waals surface area contributed by atoms with Crippen molar-refractivity contribution in [2.24, 2.45) is 0 Å². The molecule has 5 heteroatoms. The van der Waals surface area contributed by atoms with Crippen LogP contribution in [-0.4, -0.2) is 45.5 Å². The van der Waals surface area contributed by atoms with Gasteiger partial charge in [0.15, 0.2) is 0 Å². The van der Waals surface area contributed by atoms with E-state index in [-0.39, 0.29) is 5.75 Å². The van der Waals surface area contributed by atoms with Crippen molar-refractivity contribution in [1.82, 2.24) is 4.90 Å². The lowest BCUT2D eigenvalue weighted by Crippen LogP contribution is -2.26. The maximum atomic E-state index is 10.8. The molecule has 4 nitrogen and oxygen atoms in total. The molecule has 0 fully saturated rings. The van der Waals surface area contributed by atoms with Crippen molar-refractivity contribution in [1.29, 1.82) is 5.26 Å². The van der Waals surface area contributed by atoms with E-state index in [1.807, 2.05) is 11.9 Å². The second kappa shape index (κ2) is 6.80. The van der Waals surface area contributed by atoms with Crippen LogP contribution < -0.4 is 0 Å². The van der Waals surface area contributed by atoms with Gasteiger partial charge in [0.25, 0.3) is 0 Å². The summed E-state index contributed by atoms with van der Waals surface area (Å²) in [6, 6.07) is 2.08. The van der Waals surface area contributed by atoms with Crippen LogP contribution in [0.25, 0.3) is 0 Å². The van der Waals surface area contributed by atoms with Gasteiger partial charge in [-0.1, -0.05) is 0 Å². The zero-order chi connectivity index (χ0) is 11.0. The molecular weight excluding hydrogens is 200 g/mol. The second-order valence-corrected chi connectivity index (χ2v) is 5.81. The first kappa shape index (κ1) is 13.4. The summed E-state index contributed by atoms with van der Waals surface area (Å²) < 4.78 is 21.7. The summed E-state index contributed by atoms with van der Waals surface area (Å²) in [5.41, 5.74) is 0. The third kappa shape index (κ3) is 9.49. The molecule has 14 heavy (non-hydrogen) atoms. The Bertz CT molecular complexity index is 280. The molecule has 0 bridgehead atoms. The highest BCUT2D eigenvalue weighted by Gasteiger charge is 2.04. The summed E-state index contributed by atoms with van der Waals surface area (Å²) in [6.45, 7) is 1.43. The normalized spacial score (nSPS) is 11.6. The molecule has 0 atom stereocenters. The molecule has 0 aromatic carbocycles. The van der Waals surface area contributed by atoms with Gasteiger partial charge in [-0.3, -0.25) is 0 Å². The lowest BCUT2D eigenvalue weighted by Gasteiger charge is -2.14. The van der Waals surface area contributed by atoms with Gasteiger partial charge in [0.2, 0.25) is 0 Å². The summed E-state index contributed by atoms with van der Waals surface area (Å²) in [7, 11) is -0.948. The van der Waals surface area contributed by atoms with Crippen LogP contribution in [0.2, 0.25) is 0 Å². The molecule has 0 aromatic heterocycles. The Balaban J connectivity index is 3.47. The van der Waals surface area contributed by atoms with E-state index >= 15 is 0 Å². The lowest BCUT2D eigenvalue weighted by atomic mass is 10.2. The van der Waals surface area contributed by atoms with Crippen LogP contribution in [0, 0.1) is 11.3 Å². The van der Waals surface area contributed by atoms with Crippen LogP contribution in [0.5, 0.6) is 0 Å². The number of hydrogen-bond acceptors (Lipinski definition) is 4. The Morgan fingerprint density at radius 1 is 1.29 bits per heavy atom. The second-order valence-electron chi connectivity index (χ2n) is 3.55. The number of rotatable bonds is 7. The van der Waals surface area contributed by atoms with Crippen LogP contribution in [0.3, 0.4) is 0 Å². The molecule has 0 aliphatic heterocycles. The van der Waals surface area contributed by atoms with Gasteiger partial charge in [-0.25, -0.2) is 8.42 Å². The molecule has 0 heterocycles. The van der Waals surface area contributed by atoms with Crippen molar-refractivity contribution in [2.45, 2.75) is 19.3 Å². The number of unbranched alkanes of at least 4 members (excludes halogenated alkanes) is 2. The van der Waals surface area contributed by atoms with E-state index in [1.165, 1.54) is 6.26 Å². The van der Waals surface area contributed by atoms with Crippen molar-refractivity contribution in [3.05, 3.63) is 0 Å². The Morgan fingerprint density at radius 3 is 2.43 bits per heavy atom. The summed E-state index contributed by atoms with van der Waals surface area (Å²) in [6.07, 6.45) is 3.67. The fraction of sp³-hybridized carbons (Fsp3) is 0.889. The minimum Gasteiger partial charge on any atom is -0.305 e. The molecule has 0 amide bonds. The Labute approximate surface area is 86.4 Å². The van der Waals surface area contributed by atoms with Gasteiger partial charge in [-0.15, -0.1) is 0 Å². The van der Waals surface area contributed by atoms with Gasteiger partial charge in [-0.05, 0) is 26.4 Å². The standard InChI is InChI=1S/C9H18N2O2S/c1-11(7-5-3-4-6-10)8-9-14(2,12)13/h3-5,7-9H2,1-2H3. The first-order chi connectivity index (χ1) is 6.45. The average molecular weight is 218 g/mol. The van der Waals surface area contributed by atoms with E-state index in [4.69, 9.17) is 5.26 Å². The van der Waals surface area contributed by atoms with Crippen molar-refractivity contribution in [3.63, 3.8) is 0 Å². The summed E-state index contributed by atoms with van der Waals surface area (Å²) in [5.74, 6) is 0.210. The van der Waals surface area contributed by atoms with Crippen molar-refractivity contribution in [3.8, 4) is 6.07 Å². The molecule has 0 aliphatic carbocycles. The average Bonchev–Trinajstić information content (AvgIpc) is 2.08. The van der Waals surface area contributed by atoms with Gasteiger partial charge in [0.1, 0.15) is 9.84 Å². The third-order valence-electron chi connectivity index (χ3n) is 1.92. The van der Waals surface area contributed by atoms with Crippen LogP contribution in [0.1, 0.15) is 19.3 Å². The van der Waals surface area contributed by atoms with Gasteiger partial charge in [-0.2, -0.15) is 5.26 Å². The highest BCUT2D eigenvalue weighted by molar-refractivity contribution is 7.90. The number of nitriles is 1. The first-order valence-electron chi connectivity index (χ1n) is 4.69. The summed E-state index contributed by atoms with van der Waals surface area (Å²) in [5, 5.41) is 8.30. The number of hydrogen-bond donors (Lipinski definition) is 0. The van der Waals surface area contributed by atoms with Gasteiger partial charge < -0.3 is 4.90 Å². The molecule has 0 spiro atoms. The minimum atomic E-state index is -2.85. The van der Waals surface area contributed by atoms with E-state index in [1.54, 1.807) is 0 Å². The Hall–Kier alpha value is -0.600. The maximum absolute atomic E-state index is 10.8. The molecule has 82 valence electrons. The molecule has 0 radical (unpaired) electrons. The monoisotopic (exact) mass is 218 g/mol. The minimum absolute atomic E-state index is 0.210. The quantitative estimate of drug-likeness (QED) is 0.589. The van der Waals surface area contributed by atoms with Crippen LogP contribution in [-0.2, 0) is 9.84 Å². The zero-order valence-electron chi connectivity index (χ0n) is 8.86. The predicted octanol–water partition coefficient (Wildman–Crippen LogP) is 0.657. The van der Waals surface area contributed by atoms with Gasteiger partial charge >= 0.3 is 0 Å². The van der Waals surface area contributed by atoms with E-state index in [0.717, 1.165) is 19.4 Å². The van der Waals surface area contributed by atoms with Crippen LogP contribution >= 0.6 is 0 Å². The smallest absolute Gasteiger partial charge is 0.148 e.